The normalized spacial score (nSPS) is 23.5. The third-order valence-electron chi connectivity index (χ3n) is 6.15. The molecule has 4 atom stereocenters. The molecule has 2 aromatic carbocycles. The van der Waals surface area contributed by atoms with Crippen LogP contribution in [0.3, 0.4) is 0 Å². The van der Waals surface area contributed by atoms with Crippen LogP contribution in [-0.4, -0.2) is 59.9 Å². The maximum absolute atomic E-state index is 15.2. The first-order valence-corrected chi connectivity index (χ1v) is 12.8. The molecule has 1 aliphatic heterocycles. The van der Waals surface area contributed by atoms with Gasteiger partial charge in [-0.1, -0.05) is 86.5 Å². The summed E-state index contributed by atoms with van der Waals surface area (Å²) in [5, 5.41) is 5.65. The van der Waals surface area contributed by atoms with Gasteiger partial charge in [-0.15, -0.1) is 0 Å². The monoisotopic (exact) mass is 473 g/mol. The third-order valence-corrected chi connectivity index (χ3v) is 11.2. The lowest BCUT2D eigenvalue weighted by Crippen LogP contribution is -2.67. The summed E-state index contributed by atoms with van der Waals surface area (Å²) in [6, 6.07) is 19.2. The number of hydrogen-bond donors (Lipinski definition) is 0. The summed E-state index contributed by atoms with van der Waals surface area (Å²) >= 11 is 0. The predicted octanol–water partition coefficient (Wildman–Crippen LogP) is 3.97. The molecule has 178 valence electrons. The second kappa shape index (κ2) is 10.8. The summed E-state index contributed by atoms with van der Waals surface area (Å²) < 4.78 is 38.5. The summed E-state index contributed by atoms with van der Waals surface area (Å²) in [6.45, 7) is 6.54. The van der Waals surface area contributed by atoms with Crippen molar-refractivity contribution in [1.82, 2.24) is 0 Å². The van der Waals surface area contributed by atoms with Crippen molar-refractivity contribution >= 4 is 18.7 Å². The van der Waals surface area contributed by atoms with Crippen molar-refractivity contribution < 1.29 is 23.0 Å². The van der Waals surface area contributed by atoms with Crippen LogP contribution in [0.25, 0.3) is 10.4 Å². The van der Waals surface area contributed by atoms with E-state index in [9.17, 15) is 0 Å². The molecule has 0 N–H and O–H groups in total. The molecular formula is C24H32FN3O4Si. The van der Waals surface area contributed by atoms with E-state index in [1.165, 1.54) is 14.2 Å². The van der Waals surface area contributed by atoms with Crippen LogP contribution in [0.5, 0.6) is 0 Å². The smallest absolute Gasteiger partial charge is 0.261 e. The number of methoxy groups -OCH3 is 2. The topological polar surface area (TPSA) is 85.7 Å². The molecule has 33 heavy (non-hydrogen) atoms. The minimum atomic E-state index is -2.86. The van der Waals surface area contributed by atoms with Gasteiger partial charge in [-0.3, -0.25) is 0 Å². The SMILES string of the molecule is COC(OC)[C@@H]1O[C@@H](CO[Si](c2ccccc2)(c2ccccc2)C(C)(C)C)[C@H](N=[N+]=[N-])[C@@H]1F. The maximum atomic E-state index is 15.2. The minimum absolute atomic E-state index is 0.0635. The van der Waals surface area contributed by atoms with Crippen molar-refractivity contribution in [3.8, 4) is 0 Å². The Kier molecular flexibility index (Phi) is 8.28. The molecule has 3 rings (SSSR count). The predicted molar refractivity (Wildman–Crippen MR) is 128 cm³/mol. The van der Waals surface area contributed by atoms with E-state index in [2.05, 4.69) is 55.1 Å². The first kappa shape index (κ1) is 25.4. The van der Waals surface area contributed by atoms with Crippen molar-refractivity contribution in [2.24, 2.45) is 5.11 Å². The second-order valence-corrected chi connectivity index (χ2v) is 13.4. The zero-order valence-electron chi connectivity index (χ0n) is 19.7. The Morgan fingerprint density at radius 3 is 1.97 bits per heavy atom. The standard InChI is InChI=1S/C24H32FN3O4Si/c1-24(2,3)33(17-12-8-6-9-13-17,18-14-10-7-11-15-18)31-16-19-21(27-28-26)20(25)22(32-19)23(29-4)30-5/h6-15,19-23H,16H2,1-5H3/t19-,20-,21-,22+/m0/s1. The number of alkyl halides is 1. The summed E-state index contributed by atoms with van der Waals surface area (Å²) in [4.78, 5) is 2.85. The van der Waals surface area contributed by atoms with Gasteiger partial charge < -0.3 is 18.6 Å². The molecule has 9 heteroatoms. The van der Waals surface area contributed by atoms with Crippen LogP contribution in [0.4, 0.5) is 4.39 Å². The fourth-order valence-corrected chi connectivity index (χ4v) is 9.21. The van der Waals surface area contributed by atoms with Gasteiger partial charge in [0.15, 0.2) is 6.29 Å². The van der Waals surface area contributed by atoms with E-state index < -0.39 is 39.0 Å². The number of ether oxygens (including phenoxy) is 3. The first-order chi connectivity index (χ1) is 15.8. The summed E-state index contributed by atoms with van der Waals surface area (Å²) in [7, 11) is -0.0256. The van der Waals surface area contributed by atoms with Gasteiger partial charge in [-0.05, 0) is 20.9 Å². The van der Waals surface area contributed by atoms with Gasteiger partial charge in [-0.2, -0.15) is 0 Å². The van der Waals surface area contributed by atoms with Gasteiger partial charge in [0.25, 0.3) is 8.32 Å². The Balaban J connectivity index is 2.01. The van der Waals surface area contributed by atoms with Gasteiger partial charge in [-0.25, -0.2) is 4.39 Å². The zero-order valence-corrected chi connectivity index (χ0v) is 20.7. The Hall–Kier alpha value is -2.26. The van der Waals surface area contributed by atoms with Crippen LogP contribution in [-0.2, 0) is 18.6 Å². The number of benzene rings is 2. The highest BCUT2D eigenvalue weighted by atomic mass is 28.4. The summed E-state index contributed by atoms with van der Waals surface area (Å²) in [5.41, 5.74) is 9.06. The lowest BCUT2D eigenvalue weighted by Gasteiger charge is -2.43. The van der Waals surface area contributed by atoms with E-state index in [-0.39, 0.29) is 11.6 Å². The van der Waals surface area contributed by atoms with Crippen molar-refractivity contribution in [2.75, 3.05) is 20.8 Å². The van der Waals surface area contributed by atoms with E-state index >= 15 is 4.39 Å². The van der Waals surface area contributed by atoms with E-state index in [4.69, 9.17) is 24.2 Å². The lowest BCUT2D eigenvalue weighted by atomic mass is 10.1. The fraction of sp³-hybridized carbons (Fsp3) is 0.500. The van der Waals surface area contributed by atoms with Crippen LogP contribution >= 0.6 is 0 Å². The number of halogens is 1. The van der Waals surface area contributed by atoms with Gasteiger partial charge in [0.05, 0.1) is 18.8 Å². The zero-order chi connectivity index (χ0) is 24.1. The average molecular weight is 474 g/mol. The average Bonchev–Trinajstić information content (AvgIpc) is 3.11. The second-order valence-electron chi connectivity index (χ2n) is 9.09. The molecule has 7 nitrogen and oxygen atoms in total. The Labute approximate surface area is 195 Å². The highest BCUT2D eigenvalue weighted by Gasteiger charge is 2.53. The third kappa shape index (κ3) is 4.99. The van der Waals surface area contributed by atoms with Gasteiger partial charge in [0.2, 0.25) is 0 Å². The maximum Gasteiger partial charge on any atom is 0.261 e. The van der Waals surface area contributed by atoms with Crippen LogP contribution < -0.4 is 10.4 Å². The van der Waals surface area contributed by atoms with Crippen molar-refractivity contribution in [3.05, 3.63) is 71.1 Å². The van der Waals surface area contributed by atoms with Crippen LogP contribution in [0.2, 0.25) is 5.04 Å². The Morgan fingerprint density at radius 2 is 1.55 bits per heavy atom. The molecule has 0 spiro atoms. The molecule has 1 heterocycles. The molecule has 0 aliphatic carbocycles. The molecular weight excluding hydrogens is 441 g/mol. The van der Waals surface area contributed by atoms with Crippen molar-refractivity contribution in [3.63, 3.8) is 0 Å². The van der Waals surface area contributed by atoms with Crippen molar-refractivity contribution in [1.29, 1.82) is 0 Å². The molecule has 2 aromatic rings. The lowest BCUT2D eigenvalue weighted by molar-refractivity contribution is -0.187. The molecule has 1 fully saturated rings. The molecule has 0 aromatic heterocycles. The quantitative estimate of drug-likeness (QED) is 0.181. The summed E-state index contributed by atoms with van der Waals surface area (Å²) in [5.74, 6) is 0. The minimum Gasteiger partial charge on any atom is -0.405 e. The van der Waals surface area contributed by atoms with E-state index in [1.807, 2.05) is 36.4 Å². The number of rotatable bonds is 9. The van der Waals surface area contributed by atoms with Crippen LogP contribution in [0.1, 0.15) is 20.8 Å². The highest BCUT2D eigenvalue weighted by Crippen LogP contribution is 2.38. The van der Waals surface area contributed by atoms with Gasteiger partial charge in [0.1, 0.15) is 12.3 Å². The molecule has 0 saturated carbocycles. The van der Waals surface area contributed by atoms with Gasteiger partial charge in [0, 0.05) is 19.1 Å². The highest BCUT2D eigenvalue weighted by molar-refractivity contribution is 6.99. The van der Waals surface area contributed by atoms with Gasteiger partial charge >= 0.3 is 0 Å². The molecule has 1 aliphatic rings. The number of nitrogens with zero attached hydrogens (tertiary/aromatic N) is 3. The van der Waals surface area contributed by atoms with E-state index in [0.717, 1.165) is 10.4 Å². The van der Waals surface area contributed by atoms with E-state index in [0.29, 0.717) is 0 Å². The number of hydrogen-bond acceptors (Lipinski definition) is 5. The Bertz CT molecular complexity index is 894. The molecule has 1 saturated heterocycles. The van der Waals surface area contributed by atoms with E-state index in [1.54, 1.807) is 0 Å². The molecule has 0 amide bonds. The number of azide groups is 1. The largest absolute Gasteiger partial charge is 0.405 e. The summed E-state index contributed by atoms with van der Waals surface area (Å²) in [6.07, 6.45) is -4.31. The Morgan fingerprint density at radius 1 is 1.03 bits per heavy atom. The first-order valence-electron chi connectivity index (χ1n) is 10.9. The van der Waals surface area contributed by atoms with Crippen molar-refractivity contribution in [2.45, 2.75) is 56.5 Å². The fourth-order valence-electron chi connectivity index (χ4n) is 4.64. The van der Waals surface area contributed by atoms with Crippen LogP contribution in [0, 0.1) is 0 Å². The molecule has 0 unspecified atom stereocenters. The molecule has 0 bridgehead atoms. The van der Waals surface area contributed by atoms with Crippen LogP contribution in [0.15, 0.2) is 65.8 Å². The molecule has 0 radical (unpaired) electrons.